The van der Waals surface area contributed by atoms with Crippen molar-refractivity contribution in [2.75, 3.05) is 6.54 Å². The zero-order valence-electron chi connectivity index (χ0n) is 18.2. The van der Waals surface area contributed by atoms with E-state index in [1.807, 2.05) is 23.8 Å². The Balaban J connectivity index is 1.51. The number of Topliss-reactive ketones (excluding diaryl/α,β-unsaturated/α-hetero) is 1. The van der Waals surface area contributed by atoms with Crippen LogP contribution in [0.15, 0.2) is 67.0 Å². The van der Waals surface area contributed by atoms with E-state index < -0.39 is 17.7 Å². The Morgan fingerprint density at radius 1 is 1.12 bits per heavy atom. The highest BCUT2D eigenvalue weighted by atomic mass is 16.5. The van der Waals surface area contributed by atoms with Crippen LogP contribution in [0.4, 0.5) is 0 Å². The number of rotatable bonds is 6. The van der Waals surface area contributed by atoms with Crippen LogP contribution in [0.25, 0.3) is 5.76 Å². The number of aryl methyl sites for hydroxylation is 1. The number of nitrogens with zero attached hydrogens (tertiary/aromatic N) is 4. The van der Waals surface area contributed by atoms with Crippen molar-refractivity contribution in [3.05, 3.63) is 83.7 Å². The summed E-state index contributed by atoms with van der Waals surface area (Å²) in [7, 11) is 0. The van der Waals surface area contributed by atoms with Crippen LogP contribution in [0.2, 0.25) is 0 Å². The van der Waals surface area contributed by atoms with Crippen molar-refractivity contribution in [1.29, 1.82) is 0 Å². The molecule has 0 spiro atoms. The minimum absolute atomic E-state index is 0.0651. The van der Waals surface area contributed by atoms with Crippen LogP contribution in [-0.4, -0.2) is 48.9 Å². The average Bonchev–Trinajstić information content (AvgIpc) is 3.53. The number of ether oxygens (including phenoxy) is 1. The lowest BCUT2D eigenvalue weighted by atomic mass is 9.95. The van der Waals surface area contributed by atoms with Gasteiger partial charge in [0.25, 0.3) is 11.7 Å². The molecule has 8 heteroatoms. The minimum atomic E-state index is -0.681. The number of ketones is 1. The number of imidazole rings is 1. The van der Waals surface area contributed by atoms with Gasteiger partial charge in [0.1, 0.15) is 17.6 Å². The SMILES string of the molecule is C[C@H]1Cc2cc(C(O)=C3C(=O)C(=O)N(CCCn4ccnc4)[C@H]3c3ccncc3)ccc2O1. The van der Waals surface area contributed by atoms with E-state index in [2.05, 4.69) is 9.97 Å². The summed E-state index contributed by atoms with van der Waals surface area (Å²) in [6.07, 6.45) is 9.94. The van der Waals surface area contributed by atoms with Crippen LogP contribution < -0.4 is 4.74 Å². The molecule has 2 aliphatic rings. The molecule has 0 radical (unpaired) electrons. The van der Waals surface area contributed by atoms with Crippen molar-refractivity contribution in [1.82, 2.24) is 19.4 Å². The van der Waals surface area contributed by atoms with Gasteiger partial charge in [-0.2, -0.15) is 0 Å². The van der Waals surface area contributed by atoms with Crippen molar-refractivity contribution >= 4 is 17.4 Å². The zero-order chi connectivity index (χ0) is 22.9. The maximum atomic E-state index is 13.1. The zero-order valence-corrected chi connectivity index (χ0v) is 18.2. The third-order valence-corrected chi connectivity index (χ3v) is 6.11. The molecule has 3 aromatic rings. The summed E-state index contributed by atoms with van der Waals surface area (Å²) in [6, 6.07) is 8.22. The Labute approximate surface area is 191 Å². The lowest BCUT2D eigenvalue weighted by molar-refractivity contribution is -0.139. The highest BCUT2D eigenvalue weighted by Crippen LogP contribution is 2.40. The van der Waals surface area contributed by atoms with Gasteiger partial charge >= 0.3 is 0 Å². The number of carbonyl (C=O) groups is 2. The van der Waals surface area contributed by atoms with Gasteiger partial charge in [0.2, 0.25) is 0 Å². The molecule has 1 aromatic carbocycles. The summed E-state index contributed by atoms with van der Waals surface area (Å²) in [5.74, 6) is -0.677. The van der Waals surface area contributed by atoms with E-state index in [4.69, 9.17) is 4.74 Å². The summed E-state index contributed by atoms with van der Waals surface area (Å²) in [5, 5.41) is 11.2. The average molecular weight is 444 g/mol. The number of benzene rings is 1. The molecule has 2 aromatic heterocycles. The number of hydrogen-bond donors (Lipinski definition) is 1. The number of aromatic nitrogens is 3. The maximum Gasteiger partial charge on any atom is 0.295 e. The van der Waals surface area contributed by atoms with E-state index in [1.165, 1.54) is 0 Å². The van der Waals surface area contributed by atoms with Crippen molar-refractivity contribution < 1.29 is 19.4 Å². The molecular weight excluding hydrogens is 420 g/mol. The predicted octanol–water partition coefficient (Wildman–Crippen LogP) is 3.11. The van der Waals surface area contributed by atoms with Crippen LogP contribution in [0.1, 0.15) is 36.1 Å². The summed E-state index contributed by atoms with van der Waals surface area (Å²) in [4.78, 5) is 35.8. The van der Waals surface area contributed by atoms with Gasteiger partial charge < -0.3 is 19.3 Å². The van der Waals surface area contributed by atoms with E-state index in [-0.39, 0.29) is 17.4 Å². The standard InChI is InChI=1S/C25H24N4O4/c1-16-13-19-14-18(3-4-20(19)33-16)23(30)21-22(17-5-7-26-8-6-17)29(25(32)24(21)31)11-2-10-28-12-9-27-15-28/h3-9,12,14-16,22,30H,2,10-11,13H2,1H3/t16-,22-/m0/s1. The van der Waals surface area contributed by atoms with Gasteiger partial charge in [-0.3, -0.25) is 14.6 Å². The summed E-state index contributed by atoms with van der Waals surface area (Å²) < 4.78 is 7.67. The van der Waals surface area contributed by atoms with E-state index in [1.54, 1.807) is 54.1 Å². The van der Waals surface area contributed by atoms with Crippen molar-refractivity contribution in [3.63, 3.8) is 0 Å². The molecule has 0 saturated carbocycles. The van der Waals surface area contributed by atoms with E-state index in [0.717, 1.165) is 23.3 Å². The Morgan fingerprint density at radius 3 is 2.70 bits per heavy atom. The first-order chi connectivity index (χ1) is 16.0. The second-order valence-corrected chi connectivity index (χ2v) is 8.38. The molecule has 0 aliphatic carbocycles. The molecule has 1 amide bonds. The summed E-state index contributed by atoms with van der Waals surface area (Å²) in [5.41, 5.74) is 2.30. The third-order valence-electron chi connectivity index (χ3n) is 6.11. The first-order valence-electron chi connectivity index (χ1n) is 11.0. The number of carbonyl (C=O) groups excluding carboxylic acids is 2. The van der Waals surface area contributed by atoms with E-state index in [0.29, 0.717) is 25.1 Å². The van der Waals surface area contributed by atoms with Gasteiger partial charge in [0.15, 0.2) is 0 Å². The lowest BCUT2D eigenvalue weighted by Crippen LogP contribution is -2.31. The number of fused-ring (bicyclic) bond motifs is 1. The molecule has 33 heavy (non-hydrogen) atoms. The fraction of sp³-hybridized carbons (Fsp3) is 0.280. The smallest absolute Gasteiger partial charge is 0.295 e. The summed E-state index contributed by atoms with van der Waals surface area (Å²) >= 11 is 0. The fourth-order valence-electron chi connectivity index (χ4n) is 4.57. The minimum Gasteiger partial charge on any atom is -0.507 e. The van der Waals surface area contributed by atoms with Crippen LogP contribution in [0.3, 0.4) is 0 Å². The number of aliphatic hydroxyl groups excluding tert-OH is 1. The van der Waals surface area contributed by atoms with Crippen LogP contribution in [-0.2, 0) is 22.6 Å². The first-order valence-corrected chi connectivity index (χ1v) is 11.0. The van der Waals surface area contributed by atoms with Crippen LogP contribution >= 0.6 is 0 Å². The van der Waals surface area contributed by atoms with Gasteiger partial charge in [0, 0.05) is 49.9 Å². The number of likely N-dealkylation sites (tertiary alicyclic amines) is 1. The highest BCUT2D eigenvalue weighted by Gasteiger charge is 2.45. The lowest BCUT2D eigenvalue weighted by Gasteiger charge is -2.25. The van der Waals surface area contributed by atoms with Gasteiger partial charge in [-0.25, -0.2) is 4.98 Å². The van der Waals surface area contributed by atoms with Crippen LogP contribution in [0.5, 0.6) is 5.75 Å². The number of hydrogen-bond acceptors (Lipinski definition) is 6. The van der Waals surface area contributed by atoms with Gasteiger partial charge in [-0.1, -0.05) is 0 Å². The second kappa shape index (κ2) is 8.54. The Kier molecular flexibility index (Phi) is 5.42. The summed E-state index contributed by atoms with van der Waals surface area (Å²) in [6.45, 7) is 3.01. The fourth-order valence-corrected chi connectivity index (χ4v) is 4.57. The molecule has 2 aliphatic heterocycles. The normalized spacial score (nSPS) is 21.3. The monoisotopic (exact) mass is 444 g/mol. The van der Waals surface area contributed by atoms with E-state index in [9.17, 15) is 14.7 Å². The van der Waals surface area contributed by atoms with Gasteiger partial charge in [0.05, 0.1) is 17.9 Å². The number of pyridine rings is 1. The Morgan fingerprint density at radius 2 is 1.94 bits per heavy atom. The van der Waals surface area contributed by atoms with Gasteiger partial charge in [-0.05, 0) is 54.8 Å². The highest BCUT2D eigenvalue weighted by molar-refractivity contribution is 6.46. The first kappa shape index (κ1) is 20.9. The van der Waals surface area contributed by atoms with Crippen LogP contribution in [0, 0.1) is 0 Å². The molecule has 2 atom stereocenters. The quantitative estimate of drug-likeness (QED) is 0.356. The van der Waals surface area contributed by atoms with Gasteiger partial charge in [-0.15, -0.1) is 0 Å². The van der Waals surface area contributed by atoms with Crippen molar-refractivity contribution in [2.24, 2.45) is 0 Å². The number of aliphatic hydroxyl groups is 1. The molecule has 1 saturated heterocycles. The Bertz CT molecular complexity index is 1220. The molecule has 1 N–H and O–H groups in total. The molecule has 0 bridgehead atoms. The second-order valence-electron chi connectivity index (χ2n) is 8.38. The molecule has 4 heterocycles. The largest absolute Gasteiger partial charge is 0.507 e. The number of amides is 1. The molecule has 5 rings (SSSR count). The van der Waals surface area contributed by atoms with E-state index >= 15 is 0 Å². The molecular formula is C25H24N4O4. The molecule has 0 unspecified atom stereocenters. The Hall–Kier alpha value is -3.94. The van der Waals surface area contributed by atoms with Crippen molar-refractivity contribution in [2.45, 2.75) is 38.5 Å². The topological polar surface area (TPSA) is 97.6 Å². The molecule has 168 valence electrons. The third kappa shape index (κ3) is 3.88. The molecule has 8 nitrogen and oxygen atoms in total. The maximum absolute atomic E-state index is 13.1. The van der Waals surface area contributed by atoms with Crippen molar-refractivity contribution in [3.8, 4) is 5.75 Å². The molecule has 1 fully saturated rings. The predicted molar refractivity (Wildman–Crippen MR) is 120 cm³/mol.